The Labute approximate surface area is 166 Å². The normalized spacial score (nSPS) is 11.1. The molecule has 0 saturated carbocycles. The van der Waals surface area contributed by atoms with Crippen LogP contribution >= 0.6 is 15.9 Å². The molecule has 4 nitrogen and oxygen atoms in total. The van der Waals surface area contributed by atoms with E-state index in [-0.39, 0.29) is 5.57 Å². The Morgan fingerprint density at radius 2 is 1.89 bits per heavy atom. The van der Waals surface area contributed by atoms with Crippen molar-refractivity contribution in [2.24, 2.45) is 0 Å². The lowest BCUT2D eigenvalue weighted by Crippen LogP contribution is -2.14. The number of hydrogen-bond donors (Lipinski definition) is 1. The molecule has 27 heavy (non-hydrogen) atoms. The van der Waals surface area contributed by atoms with E-state index in [1.165, 1.54) is 0 Å². The fourth-order valence-electron chi connectivity index (χ4n) is 2.79. The lowest BCUT2D eigenvalue weighted by molar-refractivity contribution is -0.112. The number of aryl methyl sites for hydroxylation is 2. The molecule has 0 bridgehead atoms. The van der Waals surface area contributed by atoms with Crippen molar-refractivity contribution in [1.29, 1.82) is 5.26 Å². The van der Waals surface area contributed by atoms with Crippen LogP contribution in [0.3, 0.4) is 0 Å². The van der Waals surface area contributed by atoms with Crippen LogP contribution < -0.4 is 5.32 Å². The summed E-state index contributed by atoms with van der Waals surface area (Å²) >= 11 is 3.42. The van der Waals surface area contributed by atoms with E-state index in [0.717, 1.165) is 27.0 Å². The van der Waals surface area contributed by atoms with E-state index in [9.17, 15) is 10.1 Å². The molecule has 5 heteroatoms. The second-order valence-electron chi connectivity index (χ2n) is 6.22. The van der Waals surface area contributed by atoms with E-state index in [1.54, 1.807) is 6.08 Å². The molecule has 2 aromatic carbocycles. The van der Waals surface area contributed by atoms with Crippen LogP contribution in [0.25, 0.3) is 11.8 Å². The summed E-state index contributed by atoms with van der Waals surface area (Å²) in [6, 6.07) is 19.3. The molecule has 0 radical (unpaired) electrons. The third-order valence-corrected chi connectivity index (χ3v) is 4.70. The number of amides is 1. The standard InChI is InChI=1S/C22H18BrN3O/c1-15-5-10-21(16(2)12-15)25-22(27)17(14-24)13-20-4-3-11-26(20)19-8-6-18(23)7-9-19/h3-13H,1-2H3,(H,25,27). The Bertz CT molecular complexity index is 1060. The van der Waals surface area contributed by atoms with Gasteiger partial charge in [0.1, 0.15) is 11.6 Å². The Balaban J connectivity index is 1.89. The maximum atomic E-state index is 12.6. The van der Waals surface area contributed by atoms with Gasteiger partial charge >= 0.3 is 0 Å². The lowest BCUT2D eigenvalue weighted by Gasteiger charge is -2.10. The van der Waals surface area contributed by atoms with Crippen molar-refractivity contribution in [3.05, 3.63) is 87.7 Å². The molecule has 0 aliphatic carbocycles. The second kappa shape index (κ2) is 8.07. The molecule has 0 fully saturated rings. The molecule has 0 saturated heterocycles. The molecule has 1 N–H and O–H groups in total. The Kier molecular flexibility index (Phi) is 5.58. The van der Waals surface area contributed by atoms with Gasteiger partial charge in [-0.2, -0.15) is 5.26 Å². The minimum atomic E-state index is -0.423. The number of carbonyl (C=O) groups excluding carboxylic acids is 1. The largest absolute Gasteiger partial charge is 0.321 e. The molecule has 0 unspecified atom stereocenters. The van der Waals surface area contributed by atoms with Gasteiger partial charge in [-0.25, -0.2) is 0 Å². The Morgan fingerprint density at radius 1 is 1.15 bits per heavy atom. The topological polar surface area (TPSA) is 57.8 Å². The van der Waals surface area contributed by atoms with E-state index < -0.39 is 5.91 Å². The van der Waals surface area contributed by atoms with Crippen LogP contribution in [0, 0.1) is 25.2 Å². The molecule has 1 aromatic heterocycles. The van der Waals surface area contributed by atoms with Gasteiger partial charge in [-0.05, 0) is 68.0 Å². The molecule has 3 aromatic rings. The van der Waals surface area contributed by atoms with Crippen LogP contribution in [0.2, 0.25) is 0 Å². The van der Waals surface area contributed by atoms with Crippen molar-refractivity contribution < 1.29 is 4.79 Å². The minimum Gasteiger partial charge on any atom is -0.321 e. The number of carbonyl (C=O) groups is 1. The van der Waals surface area contributed by atoms with Gasteiger partial charge in [0.15, 0.2) is 0 Å². The highest BCUT2D eigenvalue weighted by atomic mass is 79.9. The van der Waals surface area contributed by atoms with Crippen molar-refractivity contribution in [2.45, 2.75) is 13.8 Å². The van der Waals surface area contributed by atoms with Gasteiger partial charge in [-0.1, -0.05) is 33.6 Å². The first-order valence-corrected chi connectivity index (χ1v) is 9.21. The molecule has 134 valence electrons. The monoisotopic (exact) mass is 419 g/mol. The number of rotatable bonds is 4. The highest BCUT2D eigenvalue weighted by molar-refractivity contribution is 9.10. The zero-order valence-corrected chi connectivity index (χ0v) is 16.6. The van der Waals surface area contributed by atoms with Crippen LogP contribution in [0.15, 0.2) is 70.8 Å². The average molecular weight is 420 g/mol. The summed E-state index contributed by atoms with van der Waals surface area (Å²) in [7, 11) is 0. The number of anilines is 1. The first kappa shape index (κ1) is 18.7. The van der Waals surface area contributed by atoms with Gasteiger partial charge < -0.3 is 9.88 Å². The fourth-order valence-corrected chi connectivity index (χ4v) is 3.05. The molecule has 0 aliphatic heterocycles. The van der Waals surface area contributed by atoms with Crippen molar-refractivity contribution in [3.8, 4) is 11.8 Å². The van der Waals surface area contributed by atoms with E-state index in [0.29, 0.717) is 5.69 Å². The summed E-state index contributed by atoms with van der Waals surface area (Å²) in [5.41, 5.74) is 4.53. The zero-order valence-electron chi connectivity index (χ0n) is 15.0. The molecular formula is C22H18BrN3O. The van der Waals surface area contributed by atoms with Gasteiger partial charge in [0, 0.05) is 27.7 Å². The molecule has 3 rings (SSSR count). The predicted molar refractivity (Wildman–Crippen MR) is 112 cm³/mol. The average Bonchev–Trinajstić information content (AvgIpc) is 3.10. The lowest BCUT2D eigenvalue weighted by atomic mass is 10.1. The van der Waals surface area contributed by atoms with Gasteiger partial charge in [0.05, 0.1) is 0 Å². The number of aromatic nitrogens is 1. The van der Waals surface area contributed by atoms with Gasteiger partial charge in [0.2, 0.25) is 0 Å². The van der Waals surface area contributed by atoms with E-state index >= 15 is 0 Å². The van der Waals surface area contributed by atoms with Crippen molar-refractivity contribution in [2.75, 3.05) is 5.32 Å². The van der Waals surface area contributed by atoms with Crippen molar-refractivity contribution >= 4 is 33.6 Å². The summed E-state index contributed by atoms with van der Waals surface area (Å²) in [6.45, 7) is 3.92. The second-order valence-corrected chi connectivity index (χ2v) is 7.14. The summed E-state index contributed by atoms with van der Waals surface area (Å²) in [6.07, 6.45) is 3.49. The first-order valence-electron chi connectivity index (χ1n) is 8.41. The van der Waals surface area contributed by atoms with Gasteiger partial charge in [-0.3, -0.25) is 4.79 Å². The van der Waals surface area contributed by atoms with Gasteiger partial charge in [0.25, 0.3) is 5.91 Å². The molecule has 1 amide bonds. The summed E-state index contributed by atoms with van der Waals surface area (Å²) in [4.78, 5) is 12.6. The number of nitrogens with one attached hydrogen (secondary N) is 1. The van der Waals surface area contributed by atoms with E-state index in [4.69, 9.17) is 0 Å². The molecule has 0 spiro atoms. The minimum absolute atomic E-state index is 0.0482. The quantitative estimate of drug-likeness (QED) is 0.454. The Morgan fingerprint density at radius 3 is 2.56 bits per heavy atom. The maximum Gasteiger partial charge on any atom is 0.266 e. The number of nitrogens with zero attached hydrogens (tertiary/aromatic N) is 2. The molecule has 0 aliphatic rings. The highest BCUT2D eigenvalue weighted by Gasteiger charge is 2.12. The molecular weight excluding hydrogens is 402 g/mol. The first-order chi connectivity index (χ1) is 13.0. The van der Waals surface area contributed by atoms with Crippen LogP contribution in [-0.2, 0) is 4.79 Å². The maximum absolute atomic E-state index is 12.6. The van der Waals surface area contributed by atoms with Crippen LogP contribution in [0.5, 0.6) is 0 Å². The van der Waals surface area contributed by atoms with E-state index in [1.807, 2.05) is 85.3 Å². The smallest absolute Gasteiger partial charge is 0.266 e. The Hall–Kier alpha value is -3.10. The van der Waals surface area contributed by atoms with E-state index in [2.05, 4.69) is 21.2 Å². The highest BCUT2D eigenvalue weighted by Crippen LogP contribution is 2.20. The SMILES string of the molecule is Cc1ccc(NC(=O)C(C#N)=Cc2cccn2-c2ccc(Br)cc2)c(C)c1. The molecule has 1 heterocycles. The zero-order chi connectivity index (χ0) is 19.4. The molecule has 0 atom stereocenters. The van der Waals surface area contributed by atoms with Gasteiger partial charge in [-0.15, -0.1) is 0 Å². The van der Waals surface area contributed by atoms with Crippen LogP contribution in [0.4, 0.5) is 5.69 Å². The summed E-state index contributed by atoms with van der Waals surface area (Å²) in [5.74, 6) is -0.423. The van der Waals surface area contributed by atoms with Crippen LogP contribution in [0.1, 0.15) is 16.8 Å². The number of benzene rings is 2. The van der Waals surface area contributed by atoms with Crippen molar-refractivity contribution in [1.82, 2.24) is 4.57 Å². The number of nitriles is 1. The number of hydrogen-bond acceptors (Lipinski definition) is 2. The summed E-state index contributed by atoms with van der Waals surface area (Å²) < 4.78 is 2.91. The third-order valence-electron chi connectivity index (χ3n) is 4.17. The third kappa shape index (κ3) is 4.36. The van der Waals surface area contributed by atoms with Crippen molar-refractivity contribution in [3.63, 3.8) is 0 Å². The number of halogens is 1. The fraction of sp³-hybridized carbons (Fsp3) is 0.0909. The van der Waals surface area contributed by atoms with Crippen LogP contribution in [-0.4, -0.2) is 10.5 Å². The summed E-state index contributed by atoms with van der Waals surface area (Å²) in [5, 5.41) is 12.3. The predicted octanol–water partition coefficient (Wildman–Crippen LogP) is 5.40.